The third kappa shape index (κ3) is 4.72. The molecule has 0 saturated heterocycles. The van der Waals surface area contributed by atoms with E-state index >= 15 is 0 Å². The number of carbonyl (C=O) groups is 1. The lowest BCUT2D eigenvalue weighted by atomic mass is 10.1. The minimum atomic E-state index is -3.93. The molecule has 9 heteroatoms. The number of amides is 1. The van der Waals surface area contributed by atoms with Crippen LogP contribution in [0, 0.1) is 11.6 Å². The van der Waals surface area contributed by atoms with Gasteiger partial charge in [-0.1, -0.05) is 12.1 Å². The van der Waals surface area contributed by atoms with Gasteiger partial charge < -0.3 is 9.64 Å². The molecule has 0 radical (unpaired) electrons. The predicted octanol–water partition coefficient (Wildman–Crippen LogP) is 4.08. The summed E-state index contributed by atoms with van der Waals surface area (Å²) in [5.74, 6) is -0.668. The van der Waals surface area contributed by atoms with Gasteiger partial charge in [0.15, 0.2) is 6.10 Å². The maximum absolute atomic E-state index is 13.2. The number of carbonyl (C=O) groups excluding carboxylic acids is 1. The molecule has 0 saturated carbocycles. The molecule has 3 aromatic carbocycles. The Morgan fingerprint density at radius 2 is 1.62 bits per heavy atom. The Morgan fingerprint density at radius 3 is 2.28 bits per heavy atom. The molecular weight excluding hydrogens is 438 g/mol. The van der Waals surface area contributed by atoms with Crippen LogP contribution in [0.25, 0.3) is 0 Å². The van der Waals surface area contributed by atoms with Gasteiger partial charge in [0.25, 0.3) is 15.9 Å². The molecule has 1 N–H and O–H groups in total. The first-order valence-corrected chi connectivity index (χ1v) is 11.3. The van der Waals surface area contributed by atoms with Crippen molar-refractivity contribution in [3.63, 3.8) is 0 Å². The average molecular weight is 458 g/mol. The number of nitrogens with one attached hydrogen (secondary N) is 1. The van der Waals surface area contributed by atoms with Gasteiger partial charge in [-0.05, 0) is 67.1 Å². The summed E-state index contributed by atoms with van der Waals surface area (Å²) in [7, 11) is -3.93. The van der Waals surface area contributed by atoms with Crippen LogP contribution in [0.4, 0.5) is 14.5 Å². The van der Waals surface area contributed by atoms with Crippen molar-refractivity contribution in [1.82, 2.24) is 4.90 Å². The standard InChI is InChI=1S/C23H20F2N2O4S/c1-15-23(28)27(13-16-2-4-18(24)5-3-16)14-17-12-20(8-11-22(17)31-15)26-32(29,30)21-9-6-19(25)7-10-21/h2-12,15,26H,13-14H2,1H3/t15-/m1/s1. The molecule has 32 heavy (non-hydrogen) atoms. The van der Waals surface area contributed by atoms with Gasteiger partial charge in [0.2, 0.25) is 0 Å². The molecule has 1 amide bonds. The van der Waals surface area contributed by atoms with Crippen LogP contribution in [-0.2, 0) is 27.9 Å². The molecule has 0 unspecified atom stereocenters. The average Bonchev–Trinajstić information content (AvgIpc) is 2.86. The fourth-order valence-electron chi connectivity index (χ4n) is 3.43. The fraction of sp³-hybridized carbons (Fsp3) is 0.174. The van der Waals surface area contributed by atoms with Crippen molar-refractivity contribution in [2.75, 3.05) is 4.72 Å². The monoisotopic (exact) mass is 458 g/mol. The number of benzene rings is 3. The Balaban J connectivity index is 1.60. The zero-order chi connectivity index (χ0) is 22.9. The van der Waals surface area contributed by atoms with Crippen LogP contribution in [0.1, 0.15) is 18.1 Å². The van der Waals surface area contributed by atoms with Crippen LogP contribution in [0.3, 0.4) is 0 Å². The minimum Gasteiger partial charge on any atom is -0.481 e. The van der Waals surface area contributed by atoms with E-state index in [-0.39, 0.29) is 35.4 Å². The molecule has 0 bridgehead atoms. The molecule has 1 atom stereocenters. The minimum absolute atomic E-state index is 0.0770. The molecule has 0 spiro atoms. The smallest absolute Gasteiger partial charge is 0.263 e. The highest BCUT2D eigenvalue weighted by Gasteiger charge is 2.28. The first-order chi connectivity index (χ1) is 15.2. The van der Waals surface area contributed by atoms with Crippen molar-refractivity contribution in [3.8, 4) is 5.75 Å². The Hall–Kier alpha value is -3.46. The Kier molecular flexibility index (Phi) is 5.84. The van der Waals surface area contributed by atoms with Gasteiger partial charge in [-0.2, -0.15) is 0 Å². The van der Waals surface area contributed by atoms with E-state index in [2.05, 4.69) is 4.72 Å². The van der Waals surface area contributed by atoms with Crippen molar-refractivity contribution in [2.24, 2.45) is 0 Å². The molecule has 1 heterocycles. The van der Waals surface area contributed by atoms with E-state index in [0.29, 0.717) is 11.3 Å². The molecule has 0 fully saturated rings. The van der Waals surface area contributed by atoms with Crippen molar-refractivity contribution in [2.45, 2.75) is 31.0 Å². The molecule has 3 aromatic rings. The van der Waals surface area contributed by atoms with Crippen molar-refractivity contribution in [1.29, 1.82) is 0 Å². The van der Waals surface area contributed by atoms with E-state index in [0.717, 1.165) is 17.7 Å². The lowest BCUT2D eigenvalue weighted by Crippen LogP contribution is -2.37. The SMILES string of the molecule is C[C@H]1Oc2ccc(NS(=O)(=O)c3ccc(F)cc3)cc2CN(Cc2ccc(F)cc2)C1=O. The Morgan fingerprint density at radius 1 is 1.00 bits per heavy atom. The number of hydrogen-bond acceptors (Lipinski definition) is 4. The summed E-state index contributed by atoms with van der Waals surface area (Å²) in [6.45, 7) is 2.07. The van der Waals surface area contributed by atoms with Gasteiger partial charge in [-0.3, -0.25) is 9.52 Å². The summed E-state index contributed by atoms with van der Waals surface area (Å²) >= 11 is 0. The van der Waals surface area contributed by atoms with Crippen LogP contribution in [0.5, 0.6) is 5.75 Å². The van der Waals surface area contributed by atoms with Crippen molar-refractivity contribution in [3.05, 3.63) is 89.5 Å². The van der Waals surface area contributed by atoms with E-state index < -0.39 is 21.9 Å². The van der Waals surface area contributed by atoms with Crippen LogP contribution in [0.15, 0.2) is 71.6 Å². The van der Waals surface area contributed by atoms with E-state index in [4.69, 9.17) is 4.74 Å². The molecule has 166 valence electrons. The highest BCUT2D eigenvalue weighted by molar-refractivity contribution is 7.92. The third-order valence-corrected chi connectivity index (χ3v) is 6.44. The van der Waals surface area contributed by atoms with Gasteiger partial charge in [-0.25, -0.2) is 17.2 Å². The van der Waals surface area contributed by atoms with Crippen LogP contribution < -0.4 is 9.46 Å². The predicted molar refractivity (Wildman–Crippen MR) is 114 cm³/mol. The van der Waals surface area contributed by atoms with Gasteiger partial charge in [0, 0.05) is 24.3 Å². The van der Waals surface area contributed by atoms with E-state index in [1.165, 1.54) is 30.3 Å². The van der Waals surface area contributed by atoms with Crippen LogP contribution >= 0.6 is 0 Å². The molecular formula is C23H20F2N2O4S. The summed E-state index contributed by atoms with van der Waals surface area (Å²) < 4.78 is 59.8. The zero-order valence-corrected chi connectivity index (χ0v) is 17.9. The van der Waals surface area contributed by atoms with Gasteiger partial charge in [0.05, 0.1) is 4.90 Å². The van der Waals surface area contributed by atoms with Gasteiger partial charge in [-0.15, -0.1) is 0 Å². The van der Waals surface area contributed by atoms with Crippen molar-refractivity contribution >= 4 is 21.6 Å². The Bertz CT molecular complexity index is 1250. The number of anilines is 1. The topological polar surface area (TPSA) is 75.7 Å². The van der Waals surface area contributed by atoms with E-state index in [9.17, 15) is 22.0 Å². The summed E-state index contributed by atoms with van der Waals surface area (Å²) in [6.07, 6.45) is -0.738. The summed E-state index contributed by atoms with van der Waals surface area (Å²) in [5, 5.41) is 0. The van der Waals surface area contributed by atoms with Gasteiger partial charge in [0.1, 0.15) is 17.4 Å². The Labute approximate surface area is 184 Å². The van der Waals surface area contributed by atoms with Gasteiger partial charge >= 0.3 is 0 Å². The second-order valence-electron chi connectivity index (χ2n) is 7.46. The zero-order valence-electron chi connectivity index (χ0n) is 17.1. The molecule has 1 aliphatic heterocycles. The quantitative estimate of drug-likeness (QED) is 0.625. The normalized spacial score (nSPS) is 16.2. The second-order valence-corrected chi connectivity index (χ2v) is 9.15. The lowest BCUT2D eigenvalue weighted by molar-refractivity contribution is -0.138. The maximum atomic E-state index is 13.2. The van der Waals surface area contributed by atoms with E-state index in [1.807, 2.05) is 0 Å². The highest BCUT2D eigenvalue weighted by Crippen LogP contribution is 2.30. The van der Waals surface area contributed by atoms with E-state index in [1.54, 1.807) is 36.1 Å². The number of hydrogen-bond donors (Lipinski definition) is 1. The molecule has 4 rings (SSSR count). The van der Waals surface area contributed by atoms with Crippen LogP contribution in [0.2, 0.25) is 0 Å². The third-order valence-electron chi connectivity index (χ3n) is 5.05. The number of nitrogens with zero attached hydrogens (tertiary/aromatic N) is 1. The molecule has 0 aromatic heterocycles. The van der Waals surface area contributed by atoms with Crippen LogP contribution in [-0.4, -0.2) is 25.3 Å². The highest BCUT2D eigenvalue weighted by atomic mass is 32.2. The molecule has 1 aliphatic rings. The maximum Gasteiger partial charge on any atom is 0.263 e. The number of halogens is 2. The second kappa shape index (κ2) is 8.58. The molecule has 0 aliphatic carbocycles. The first kappa shape index (κ1) is 21.8. The lowest BCUT2D eigenvalue weighted by Gasteiger charge is -2.22. The number of rotatable bonds is 5. The number of ether oxygens (including phenoxy) is 1. The number of fused-ring (bicyclic) bond motifs is 1. The molecule has 6 nitrogen and oxygen atoms in total. The summed E-state index contributed by atoms with van der Waals surface area (Å²) in [4.78, 5) is 14.3. The van der Waals surface area contributed by atoms with Crippen molar-refractivity contribution < 1.29 is 26.7 Å². The fourth-order valence-corrected chi connectivity index (χ4v) is 4.48. The largest absolute Gasteiger partial charge is 0.481 e. The summed E-state index contributed by atoms with van der Waals surface area (Å²) in [5.41, 5.74) is 1.65. The summed E-state index contributed by atoms with van der Waals surface area (Å²) in [6, 6.07) is 15.1. The first-order valence-electron chi connectivity index (χ1n) is 9.82. The number of sulfonamides is 1.